The van der Waals surface area contributed by atoms with E-state index in [1.807, 2.05) is 0 Å². The smallest absolute Gasteiger partial charge is 0.344 e. The van der Waals surface area contributed by atoms with E-state index in [1.54, 1.807) is 12.2 Å². The number of benzene rings is 1. The number of methoxy groups -OCH3 is 1. The molecule has 0 aromatic heterocycles. The van der Waals surface area contributed by atoms with Crippen molar-refractivity contribution in [1.82, 2.24) is 4.90 Å². The molecule has 0 heterocycles. The van der Waals surface area contributed by atoms with Crippen molar-refractivity contribution in [3.63, 3.8) is 0 Å². The van der Waals surface area contributed by atoms with Gasteiger partial charge in [-0.2, -0.15) is 0 Å². The first-order valence-electron chi connectivity index (χ1n) is 7.99. The van der Waals surface area contributed by atoms with Gasteiger partial charge >= 0.3 is 11.7 Å². The number of rotatable bonds is 11. The number of nitro groups is 1. The second-order valence-electron chi connectivity index (χ2n) is 5.33. The molecule has 1 unspecified atom stereocenters. The average Bonchev–Trinajstić information content (AvgIpc) is 2.65. The summed E-state index contributed by atoms with van der Waals surface area (Å²) in [5.74, 6) is -0.960. The van der Waals surface area contributed by atoms with E-state index in [0.717, 1.165) is 0 Å². The van der Waals surface area contributed by atoms with E-state index in [0.29, 0.717) is 13.1 Å². The Morgan fingerprint density at radius 3 is 2.44 bits per heavy atom. The van der Waals surface area contributed by atoms with Gasteiger partial charge in [0.2, 0.25) is 5.75 Å². The highest BCUT2D eigenvalue weighted by atomic mass is 16.6. The van der Waals surface area contributed by atoms with Crippen LogP contribution in [0.5, 0.6) is 11.5 Å². The molecule has 1 aromatic carbocycles. The quantitative estimate of drug-likeness (QED) is 0.251. The van der Waals surface area contributed by atoms with Gasteiger partial charge in [-0.1, -0.05) is 12.2 Å². The second kappa shape index (κ2) is 10.6. The van der Waals surface area contributed by atoms with Crippen LogP contribution in [0.25, 0.3) is 0 Å². The summed E-state index contributed by atoms with van der Waals surface area (Å²) < 4.78 is 15.2. The van der Waals surface area contributed by atoms with Crippen molar-refractivity contribution in [3.8, 4) is 11.5 Å². The van der Waals surface area contributed by atoms with Crippen molar-refractivity contribution in [2.24, 2.45) is 0 Å². The van der Waals surface area contributed by atoms with E-state index < -0.39 is 23.6 Å². The highest BCUT2D eigenvalue weighted by Crippen LogP contribution is 2.30. The highest BCUT2D eigenvalue weighted by Gasteiger charge is 2.23. The Morgan fingerprint density at radius 2 is 1.93 bits per heavy atom. The average molecular weight is 378 g/mol. The zero-order chi connectivity index (χ0) is 20.4. The molecule has 27 heavy (non-hydrogen) atoms. The van der Waals surface area contributed by atoms with Crippen molar-refractivity contribution in [3.05, 3.63) is 53.6 Å². The largest absolute Gasteiger partial charge is 0.490 e. The number of hydrogen-bond donors (Lipinski definition) is 0. The third-order valence-electron chi connectivity index (χ3n) is 3.37. The van der Waals surface area contributed by atoms with Gasteiger partial charge in [0.1, 0.15) is 5.75 Å². The second-order valence-corrected chi connectivity index (χ2v) is 5.33. The SMILES string of the molecule is C=CCN(CC=C)C(=O)C(C)OC(=O)COc1ccc([N+](=O)[O-])c(OC)c1. The van der Waals surface area contributed by atoms with Crippen LogP contribution in [0.4, 0.5) is 5.69 Å². The number of nitro benzene ring substituents is 1. The summed E-state index contributed by atoms with van der Waals surface area (Å²) >= 11 is 0. The molecule has 1 amide bonds. The van der Waals surface area contributed by atoms with Crippen molar-refractivity contribution in [2.45, 2.75) is 13.0 Å². The minimum Gasteiger partial charge on any atom is -0.490 e. The van der Waals surface area contributed by atoms with Gasteiger partial charge in [0, 0.05) is 25.2 Å². The van der Waals surface area contributed by atoms with Crippen molar-refractivity contribution >= 4 is 17.6 Å². The van der Waals surface area contributed by atoms with E-state index in [4.69, 9.17) is 14.2 Å². The maximum atomic E-state index is 12.2. The summed E-state index contributed by atoms with van der Waals surface area (Å²) in [5, 5.41) is 10.9. The van der Waals surface area contributed by atoms with E-state index in [1.165, 1.54) is 37.1 Å². The zero-order valence-electron chi connectivity index (χ0n) is 15.3. The van der Waals surface area contributed by atoms with Crippen molar-refractivity contribution in [1.29, 1.82) is 0 Å². The molecule has 0 bridgehead atoms. The fraction of sp³-hybridized carbons (Fsp3) is 0.333. The summed E-state index contributed by atoms with van der Waals surface area (Å²) in [7, 11) is 1.28. The number of carbonyl (C=O) groups is 2. The fourth-order valence-electron chi connectivity index (χ4n) is 2.15. The van der Waals surface area contributed by atoms with E-state index in [-0.39, 0.29) is 23.1 Å². The third-order valence-corrected chi connectivity index (χ3v) is 3.37. The monoisotopic (exact) mass is 378 g/mol. The molecule has 0 N–H and O–H groups in total. The normalized spacial score (nSPS) is 11.0. The van der Waals surface area contributed by atoms with Crippen LogP contribution in [0.3, 0.4) is 0 Å². The molecular formula is C18H22N2O7. The summed E-state index contributed by atoms with van der Waals surface area (Å²) in [6.45, 7) is 8.72. The van der Waals surface area contributed by atoms with Gasteiger partial charge in [0.05, 0.1) is 12.0 Å². The van der Waals surface area contributed by atoms with Crippen LogP contribution in [0.1, 0.15) is 6.92 Å². The van der Waals surface area contributed by atoms with Gasteiger partial charge in [-0.3, -0.25) is 14.9 Å². The predicted octanol–water partition coefficient (Wildman–Crippen LogP) is 2.11. The molecule has 1 aromatic rings. The Balaban J connectivity index is 2.64. The van der Waals surface area contributed by atoms with Crippen LogP contribution in [-0.4, -0.2) is 54.6 Å². The van der Waals surface area contributed by atoms with Gasteiger partial charge < -0.3 is 19.1 Å². The molecule has 0 radical (unpaired) electrons. The van der Waals surface area contributed by atoms with Crippen molar-refractivity contribution < 1.29 is 28.7 Å². The number of amides is 1. The lowest BCUT2D eigenvalue weighted by Crippen LogP contribution is -2.40. The predicted molar refractivity (Wildman–Crippen MR) is 97.7 cm³/mol. The minimum atomic E-state index is -1.01. The first-order valence-corrected chi connectivity index (χ1v) is 7.99. The topological polar surface area (TPSA) is 108 Å². The molecule has 1 atom stereocenters. The van der Waals surface area contributed by atoms with Crippen LogP contribution >= 0.6 is 0 Å². The highest BCUT2D eigenvalue weighted by molar-refractivity contribution is 5.84. The lowest BCUT2D eigenvalue weighted by Gasteiger charge is -2.23. The molecule has 146 valence electrons. The number of ether oxygens (including phenoxy) is 3. The van der Waals surface area contributed by atoms with Crippen LogP contribution in [0, 0.1) is 10.1 Å². The van der Waals surface area contributed by atoms with Gasteiger partial charge in [0.25, 0.3) is 5.91 Å². The molecule has 0 spiro atoms. The minimum absolute atomic E-state index is 0.00101. The van der Waals surface area contributed by atoms with Crippen LogP contribution in [-0.2, 0) is 14.3 Å². The molecule has 0 aliphatic rings. The molecule has 0 saturated carbocycles. The Kier molecular flexibility index (Phi) is 8.50. The molecule has 0 aliphatic heterocycles. The summed E-state index contributed by atoms with van der Waals surface area (Å²) in [5.41, 5.74) is -0.226. The van der Waals surface area contributed by atoms with E-state index >= 15 is 0 Å². The lowest BCUT2D eigenvalue weighted by atomic mass is 10.3. The third kappa shape index (κ3) is 6.46. The summed E-state index contributed by atoms with van der Waals surface area (Å²) in [6.07, 6.45) is 2.11. The van der Waals surface area contributed by atoms with Crippen molar-refractivity contribution in [2.75, 3.05) is 26.8 Å². The first kappa shape index (κ1) is 21.7. The number of esters is 1. The zero-order valence-corrected chi connectivity index (χ0v) is 15.3. The summed E-state index contributed by atoms with van der Waals surface area (Å²) in [4.78, 5) is 35.8. The molecule has 0 saturated heterocycles. The Morgan fingerprint density at radius 1 is 1.30 bits per heavy atom. The lowest BCUT2D eigenvalue weighted by molar-refractivity contribution is -0.385. The molecule has 0 fully saturated rings. The maximum Gasteiger partial charge on any atom is 0.344 e. The van der Waals surface area contributed by atoms with Gasteiger partial charge in [-0.05, 0) is 13.0 Å². The molecular weight excluding hydrogens is 356 g/mol. The Hall–Kier alpha value is -3.36. The standard InChI is InChI=1S/C18H22N2O7/c1-5-9-19(10-6-2)18(22)13(3)27-17(21)12-26-14-7-8-15(20(23)24)16(11-14)25-4/h5-8,11,13H,1-2,9-10,12H2,3-4H3. The molecule has 1 rings (SSSR count). The molecule has 9 heteroatoms. The van der Waals surface area contributed by atoms with Gasteiger partial charge in [0.15, 0.2) is 12.7 Å². The number of carbonyl (C=O) groups excluding carboxylic acids is 2. The van der Waals surface area contributed by atoms with Gasteiger partial charge in [-0.25, -0.2) is 4.79 Å². The Bertz CT molecular complexity index is 708. The summed E-state index contributed by atoms with van der Waals surface area (Å²) in [6, 6.07) is 3.82. The van der Waals surface area contributed by atoms with Crippen LogP contribution in [0.15, 0.2) is 43.5 Å². The number of nitrogens with zero attached hydrogens (tertiary/aromatic N) is 2. The molecule has 0 aliphatic carbocycles. The van der Waals surface area contributed by atoms with E-state index in [2.05, 4.69) is 13.2 Å². The maximum absolute atomic E-state index is 12.2. The van der Waals surface area contributed by atoms with Gasteiger partial charge in [-0.15, -0.1) is 13.2 Å². The Labute approximate surface area is 157 Å². The first-order chi connectivity index (χ1) is 12.8. The number of hydrogen-bond acceptors (Lipinski definition) is 7. The molecule has 9 nitrogen and oxygen atoms in total. The van der Waals surface area contributed by atoms with Crippen LogP contribution < -0.4 is 9.47 Å². The fourth-order valence-corrected chi connectivity index (χ4v) is 2.15. The van der Waals surface area contributed by atoms with E-state index in [9.17, 15) is 19.7 Å². The van der Waals surface area contributed by atoms with Crippen LogP contribution in [0.2, 0.25) is 0 Å².